The van der Waals surface area contributed by atoms with Crippen LogP contribution in [0.15, 0.2) is 40.9 Å². The Hall–Kier alpha value is -1.17. The molecule has 0 radical (unpaired) electrons. The molecule has 0 aliphatic heterocycles. The topological polar surface area (TPSA) is 35.2 Å². The van der Waals surface area contributed by atoms with E-state index in [2.05, 4.69) is 15.9 Å². The summed E-state index contributed by atoms with van der Waals surface area (Å²) in [5.74, 6) is 0.0999. The quantitative estimate of drug-likeness (QED) is 0.808. The summed E-state index contributed by atoms with van der Waals surface area (Å²) in [6.45, 7) is 0. The minimum absolute atomic E-state index is 0.0662. The summed E-state index contributed by atoms with van der Waals surface area (Å²) in [4.78, 5) is -0.0682. The van der Waals surface area contributed by atoms with E-state index in [1.165, 1.54) is 12.1 Å². The van der Waals surface area contributed by atoms with Crippen molar-refractivity contribution in [2.24, 2.45) is 5.73 Å². The minimum Gasteiger partial charge on any atom is -0.455 e. The van der Waals surface area contributed by atoms with E-state index in [-0.39, 0.29) is 16.3 Å². The fraction of sp³-hybridized carbons (Fsp3) is 0. The van der Waals surface area contributed by atoms with Gasteiger partial charge in [-0.15, -0.1) is 0 Å². The van der Waals surface area contributed by atoms with E-state index in [9.17, 15) is 4.39 Å². The normalized spacial score (nSPS) is 10.3. The molecule has 0 aliphatic carbocycles. The maximum Gasteiger partial charge on any atom is 0.146 e. The van der Waals surface area contributed by atoms with Crippen LogP contribution in [0.4, 0.5) is 4.39 Å². The van der Waals surface area contributed by atoms with Crippen LogP contribution in [0.25, 0.3) is 0 Å². The highest BCUT2D eigenvalue weighted by atomic mass is 79.9. The summed E-state index contributed by atoms with van der Waals surface area (Å²) in [7, 11) is 0. The smallest absolute Gasteiger partial charge is 0.146 e. The number of benzene rings is 2. The third kappa shape index (κ3) is 3.23. The van der Waals surface area contributed by atoms with Crippen LogP contribution in [0.1, 0.15) is 5.56 Å². The molecule has 2 rings (SSSR count). The van der Waals surface area contributed by atoms with E-state index in [1.54, 1.807) is 24.3 Å². The molecule has 0 heterocycles. The fourth-order valence-corrected chi connectivity index (χ4v) is 2.42. The molecule has 2 aromatic rings. The van der Waals surface area contributed by atoms with Crippen LogP contribution in [0, 0.1) is 5.82 Å². The third-order valence-corrected chi connectivity index (χ3v) is 3.33. The Kier molecular flexibility index (Phi) is 4.39. The zero-order valence-corrected chi connectivity index (χ0v) is 12.7. The van der Waals surface area contributed by atoms with Crippen LogP contribution in [0.2, 0.25) is 5.02 Å². The molecule has 6 heteroatoms. The summed E-state index contributed by atoms with van der Waals surface area (Å²) < 4.78 is 20.1. The molecule has 2 N–H and O–H groups in total. The second-order valence-corrected chi connectivity index (χ2v) is 5.42. The first-order chi connectivity index (χ1) is 8.99. The Morgan fingerprint density at radius 1 is 1.26 bits per heavy atom. The van der Waals surface area contributed by atoms with E-state index in [1.807, 2.05) is 0 Å². The number of hydrogen-bond acceptors (Lipinski definition) is 2. The molecule has 0 atom stereocenters. The molecule has 0 aromatic heterocycles. The van der Waals surface area contributed by atoms with Crippen molar-refractivity contribution in [3.8, 4) is 11.5 Å². The molecule has 0 saturated heterocycles. The van der Waals surface area contributed by atoms with Crippen LogP contribution < -0.4 is 10.5 Å². The maximum absolute atomic E-state index is 13.7. The molecule has 0 bridgehead atoms. The van der Waals surface area contributed by atoms with Crippen molar-refractivity contribution >= 4 is 44.7 Å². The predicted molar refractivity (Wildman–Crippen MR) is 81.5 cm³/mol. The number of thiocarbonyl (C=S) groups is 1. The van der Waals surface area contributed by atoms with Gasteiger partial charge in [0.15, 0.2) is 0 Å². The lowest BCUT2D eigenvalue weighted by Crippen LogP contribution is -2.13. The molecule has 0 spiro atoms. The molecular formula is C13H8BrClFNOS. The zero-order valence-electron chi connectivity index (χ0n) is 9.49. The molecule has 2 aromatic carbocycles. The summed E-state index contributed by atoms with van der Waals surface area (Å²) in [6, 6.07) is 9.47. The van der Waals surface area contributed by atoms with E-state index in [0.29, 0.717) is 10.8 Å². The van der Waals surface area contributed by atoms with Gasteiger partial charge in [-0.05, 0) is 30.3 Å². The first-order valence-corrected chi connectivity index (χ1v) is 6.78. The number of hydrogen-bond donors (Lipinski definition) is 1. The number of ether oxygens (including phenoxy) is 1. The number of rotatable bonds is 3. The average Bonchev–Trinajstić information content (AvgIpc) is 2.32. The van der Waals surface area contributed by atoms with E-state index < -0.39 is 5.82 Å². The molecule has 2 nitrogen and oxygen atoms in total. The van der Waals surface area contributed by atoms with Gasteiger partial charge in [0, 0.05) is 4.47 Å². The van der Waals surface area contributed by atoms with Gasteiger partial charge in [-0.1, -0.05) is 45.8 Å². The van der Waals surface area contributed by atoms with Gasteiger partial charge in [-0.3, -0.25) is 0 Å². The largest absolute Gasteiger partial charge is 0.455 e. The van der Waals surface area contributed by atoms with Crippen molar-refractivity contribution in [3.05, 3.63) is 57.3 Å². The van der Waals surface area contributed by atoms with Crippen molar-refractivity contribution in [1.82, 2.24) is 0 Å². The lowest BCUT2D eigenvalue weighted by molar-refractivity contribution is 0.475. The molecule has 19 heavy (non-hydrogen) atoms. The Labute approximate surface area is 128 Å². The molecule has 0 saturated carbocycles. The zero-order chi connectivity index (χ0) is 14.0. The van der Waals surface area contributed by atoms with Crippen LogP contribution in [-0.4, -0.2) is 4.99 Å². The summed E-state index contributed by atoms with van der Waals surface area (Å²) in [5, 5.41) is 0.396. The predicted octanol–water partition coefficient (Wildman–Crippen LogP) is 4.67. The van der Waals surface area contributed by atoms with Crippen molar-refractivity contribution in [2.45, 2.75) is 0 Å². The van der Waals surface area contributed by atoms with Crippen molar-refractivity contribution in [2.75, 3.05) is 0 Å². The molecule has 98 valence electrons. The standard InChI is InChI=1S/C13H8BrClFNOS/c14-7-4-5-10(8(15)6-7)18-11-3-1-2-9(16)12(11)13(17)19/h1-6H,(H2,17,19). The summed E-state index contributed by atoms with van der Waals surface area (Å²) >= 11 is 14.2. The number of nitrogens with two attached hydrogens (primary N) is 1. The Bertz CT molecular complexity index is 651. The molecule has 0 unspecified atom stereocenters. The summed E-state index contributed by atoms with van der Waals surface area (Å²) in [6.07, 6.45) is 0. The highest BCUT2D eigenvalue weighted by molar-refractivity contribution is 9.10. The van der Waals surface area contributed by atoms with Gasteiger partial charge >= 0.3 is 0 Å². The van der Waals surface area contributed by atoms with Crippen LogP contribution in [0.5, 0.6) is 11.5 Å². The number of halogens is 3. The fourth-order valence-electron chi connectivity index (χ4n) is 1.50. The van der Waals surface area contributed by atoms with Crippen molar-refractivity contribution in [1.29, 1.82) is 0 Å². The monoisotopic (exact) mass is 359 g/mol. The Balaban J connectivity index is 2.44. The lowest BCUT2D eigenvalue weighted by atomic mass is 10.2. The molecule has 0 amide bonds. The highest BCUT2D eigenvalue weighted by Gasteiger charge is 2.14. The Morgan fingerprint density at radius 3 is 2.63 bits per heavy atom. The van der Waals surface area contributed by atoms with Crippen LogP contribution in [-0.2, 0) is 0 Å². The SMILES string of the molecule is NC(=S)c1c(F)cccc1Oc1ccc(Br)cc1Cl. The average molecular weight is 361 g/mol. The van der Waals surface area contributed by atoms with Crippen LogP contribution >= 0.6 is 39.7 Å². The van der Waals surface area contributed by atoms with Gasteiger partial charge in [-0.2, -0.15) is 0 Å². The first-order valence-electron chi connectivity index (χ1n) is 5.20. The molecular weight excluding hydrogens is 353 g/mol. The maximum atomic E-state index is 13.7. The van der Waals surface area contributed by atoms with Gasteiger partial charge in [0.25, 0.3) is 0 Å². The van der Waals surface area contributed by atoms with E-state index >= 15 is 0 Å². The minimum atomic E-state index is -0.529. The van der Waals surface area contributed by atoms with Crippen LogP contribution in [0.3, 0.4) is 0 Å². The second kappa shape index (κ2) is 5.86. The Morgan fingerprint density at radius 2 is 2.00 bits per heavy atom. The van der Waals surface area contributed by atoms with Gasteiger partial charge in [0.1, 0.15) is 22.3 Å². The van der Waals surface area contributed by atoms with Gasteiger partial charge in [-0.25, -0.2) is 4.39 Å². The van der Waals surface area contributed by atoms with Crippen molar-refractivity contribution in [3.63, 3.8) is 0 Å². The van der Waals surface area contributed by atoms with E-state index in [4.69, 9.17) is 34.3 Å². The van der Waals surface area contributed by atoms with Gasteiger partial charge in [0.05, 0.1) is 10.6 Å². The first kappa shape index (κ1) is 14.2. The van der Waals surface area contributed by atoms with Gasteiger partial charge < -0.3 is 10.5 Å². The van der Waals surface area contributed by atoms with Gasteiger partial charge in [0.2, 0.25) is 0 Å². The van der Waals surface area contributed by atoms with Crippen molar-refractivity contribution < 1.29 is 9.13 Å². The highest BCUT2D eigenvalue weighted by Crippen LogP contribution is 2.33. The third-order valence-electron chi connectivity index (χ3n) is 2.34. The second-order valence-electron chi connectivity index (χ2n) is 3.65. The van der Waals surface area contributed by atoms with E-state index in [0.717, 1.165) is 4.47 Å². The molecule has 0 fully saturated rings. The summed E-state index contributed by atoms with van der Waals surface area (Å²) in [5.41, 5.74) is 5.57. The molecule has 0 aliphatic rings. The lowest BCUT2D eigenvalue weighted by Gasteiger charge is -2.12.